The molecular weight excluding hydrogens is 244 g/mol. The van der Waals surface area contributed by atoms with Gasteiger partial charge in [-0.2, -0.15) is 0 Å². The first-order valence-electron chi connectivity index (χ1n) is 5.33. The van der Waals surface area contributed by atoms with Gasteiger partial charge in [0, 0.05) is 17.4 Å². The second-order valence-electron chi connectivity index (χ2n) is 3.08. The first kappa shape index (κ1) is 15.5. The van der Waals surface area contributed by atoms with Crippen molar-refractivity contribution in [3.05, 3.63) is 97.2 Å². The fraction of sp³-hybridized carbons (Fsp3) is 0. The monoisotopic (exact) mass is 260 g/mol. The van der Waals surface area contributed by atoms with Gasteiger partial charge in [-0.1, -0.05) is 97.2 Å². The molecule has 0 spiro atoms. The minimum Gasteiger partial charge on any atom is -0.0623 e. The standard InChI is InChI=1S/2C8H8.Cr/c2*1-2-4-6-8-7-5-3-1;/h2*1-8H;/b2*2-1-,3-1?,4-2?,5-3-,6-4?,7-5?,8-6?,8-7?;. The van der Waals surface area contributed by atoms with Gasteiger partial charge >= 0.3 is 0 Å². The predicted octanol–water partition coefficient (Wildman–Crippen LogP) is 4.45. The van der Waals surface area contributed by atoms with Crippen LogP contribution in [-0.2, 0) is 17.4 Å². The molecule has 0 radical (unpaired) electrons. The first-order valence-corrected chi connectivity index (χ1v) is 5.33. The van der Waals surface area contributed by atoms with E-state index in [1.165, 1.54) is 0 Å². The molecular formula is C16H16Cr. The smallest absolute Gasteiger partial charge is 0 e. The predicted molar refractivity (Wildman–Crippen MR) is 73.1 cm³/mol. The van der Waals surface area contributed by atoms with E-state index >= 15 is 0 Å². The summed E-state index contributed by atoms with van der Waals surface area (Å²) in [6.07, 6.45) is 32.0. The molecule has 0 amide bonds. The Kier molecular flexibility index (Phi) is 11.4. The van der Waals surface area contributed by atoms with Crippen molar-refractivity contribution in [3.8, 4) is 0 Å². The summed E-state index contributed by atoms with van der Waals surface area (Å²) >= 11 is 0. The zero-order chi connectivity index (χ0) is 11.3. The van der Waals surface area contributed by atoms with E-state index in [0.717, 1.165) is 0 Å². The van der Waals surface area contributed by atoms with Crippen molar-refractivity contribution in [2.75, 3.05) is 0 Å². The Morgan fingerprint density at radius 1 is 0.176 bits per heavy atom. The molecule has 0 aromatic rings. The average Bonchev–Trinajstić information content (AvgIpc) is 2.15. The van der Waals surface area contributed by atoms with Crippen LogP contribution in [0.3, 0.4) is 0 Å². The van der Waals surface area contributed by atoms with Crippen molar-refractivity contribution in [1.82, 2.24) is 0 Å². The van der Waals surface area contributed by atoms with Gasteiger partial charge in [-0.25, -0.2) is 0 Å². The Hall–Kier alpha value is -1.55. The van der Waals surface area contributed by atoms with Crippen molar-refractivity contribution < 1.29 is 17.4 Å². The van der Waals surface area contributed by atoms with Crippen LogP contribution in [0.1, 0.15) is 0 Å². The van der Waals surface area contributed by atoms with Crippen LogP contribution in [0.4, 0.5) is 0 Å². The van der Waals surface area contributed by atoms with E-state index in [2.05, 4.69) is 0 Å². The molecule has 0 saturated carbocycles. The zero-order valence-electron chi connectivity index (χ0n) is 9.65. The SMILES string of the molecule is C1=C/C=C\C=C/C=C1.C1=C/C=C\C=C/C=C1.[Cr]. The molecule has 1 heteroatoms. The van der Waals surface area contributed by atoms with Gasteiger partial charge in [-0.3, -0.25) is 0 Å². The zero-order valence-corrected chi connectivity index (χ0v) is 10.9. The summed E-state index contributed by atoms with van der Waals surface area (Å²) in [5.74, 6) is 0. The van der Waals surface area contributed by atoms with Crippen molar-refractivity contribution in [2.45, 2.75) is 0 Å². The molecule has 17 heavy (non-hydrogen) atoms. The van der Waals surface area contributed by atoms with E-state index in [4.69, 9.17) is 0 Å². The number of allylic oxidation sites excluding steroid dienone is 16. The molecule has 0 N–H and O–H groups in total. The van der Waals surface area contributed by atoms with Gasteiger partial charge in [0.05, 0.1) is 0 Å². The summed E-state index contributed by atoms with van der Waals surface area (Å²) in [6, 6.07) is 0. The maximum atomic E-state index is 2.00. The Balaban J connectivity index is 0.000000284. The topological polar surface area (TPSA) is 0 Å². The second kappa shape index (κ2) is 12.5. The van der Waals surface area contributed by atoms with Gasteiger partial charge in [-0.05, 0) is 0 Å². The fourth-order valence-electron chi connectivity index (χ4n) is 1.03. The number of rotatable bonds is 0. The van der Waals surface area contributed by atoms with Crippen LogP contribution >= 0.6 is 0 Å². The molecule has 2 rings (SSSR count). The maximum Gasteiger partial charge on any atom is 0 e. The summed E-state index contributed by atoms with van der Waals surface area (Å²) in [5, 5.41) is 0. The number of hydrogen-bond acceptors (Lipinski definition) is 0. The molecule has 2 aliphatic rings. The molecule has 0 unspecified atom stereocenters. The van der Waals surface area contributed by atoms with Crippen LogP contribution in [0.15, 0.2) is 97.2 Å². The van der Waals surface area contributed by atoms with Crippen molar-refractivity contribution in [2.24, 2.45) is 0 Å². The van der Waals surface area contributed by atoms with E-state index in [-0.39, 0.29) is 17.4 Å². The van der Waals surface area contributed by atoms with E-state index in [9.17, 15) is 0 Å². The Morgan fingerprint density at radius 2 is 0.235 bits per heavy atom. The molecule has 0 aromatic carbocycles. The molecule has 0 atom stereocenters. The Labute approximate surface area is 115 Å². The van der Waals surface area contributed by atoms with Crippen LogP contribution in [0, 0.1) is 0 Å². The average molecular weight is 260 g/mol. The van der Waals surface area contributed by atoms with Crippen molar-refractivity contribution in [1.29, 1.82) is 0 Å². The number of hydrogen-bond donors (Lipinski definition) is 0. The van der Waals surface area contributed by atoms with Gasteiger partial charge < -0.3 is 0 Å². The van der Waals surface area contributed by atoms with Crippen LogP contribution in [-0.4, -0.2) is 0 Å². The molecule has 0 fully saturated rings. The quantitative estimate of drug-likeness (QED) is 0.603. The van der Waals surface area contributed by atoms with Crippen LogP contribution in [0.25, 0.3) is 0 Å². The molecule has 0 nitrogen and oxygen atoms in total. The molecule has 0 aromatic heterocycles. The molecule has 86 valence electrons. The molecule has 0 bridgehead atoms. The first-order chi connectivity index (χ1) is 8.00. The molecule has 0 saturated heterocycles. The second-order valence-corrected chi connectivity index (χ2v) is 3.08. The molecule has 0 heterocycles. The summed E-state index contributed by atoms with van der Waals surface area (Å²) in [4.78, 5) is 0. The van der Waals surface area contributed by atoms with E-state index in [0.29, 0.717) is 0 Å². The maximum absolute atomic E-state index is 2.00. The van der Waals surface area contributed by atoms with E-state index < -0.39 is 0 Å². The summed E-state index contributed by atoms with van der Waals surface area (Å²) in [6.45, 7) is 0. The molecule has 2 aliphatic carbocycles. The van der Waals surface area contributed by atoms with Gasteiger partial charge in [0.25, 0.3) is 0 Å². The fourth-order valence-corrected chi connectivity index (χ4v) is 1.03. The normalized spacial score (nSPS) is 22.6. The summed E-state index contributed by atoms with van der Waals surface area (Å²) < 4.78 is 0. The minimum absolute atomic E-state index is 0. The Morgan fingerprint density at radius 3 is 0.294 bits per heavy atom. The van der Waals surface area contributed by atoms with Crippen molar-refractivity contribution in [3.63, 3.8) is 0 Å². The summed E-state index contributed by atoms with van der Waals surface area (Å²) in [7, 11) is 0. The van der Waals surface area contributed by atoms with Gasteiger partial charge in [0.2, 0.25) is 0 Å². The van der Waals surface area contributed by atoms with Gasteiger partial charge in [0.15, 0.2) is 0 Å². The van der Waals surface area contributed by atoms with Crippen molar-refractivity contribution >= 4 is 0 Å². The van der Waals surface area contributed by atoms with Gasteiger partial charge in [0.1, 0.15) is 0 Å². The molecule has 0 aliphatic heterocycles. The van der Waals surface area contributed by atoms with E-state index in [1.807, 2.05) is 97.2 Å². The van der Waals surface area contributed by atoms with E-state index in [1.54, 1.807) is 0 Å². The van der Waals surface area contributed by atoms with Crippen LogP contribution in [0.2, 0.25) is 0 Å². The third kappa shape index (κ3) is 10.7. The summed E-state index contributed by atoms with van der Waals surface area (Å²) in [5.41, 5.74) is 0. The minimum atomic E-state index is 0. The van der Waals surface area contributed by atoms with Crippen LogP contribution < -0.4 is 0 Å². The third-order valence-corrected chi connectivity index (χ3v) is 1.78. The third-order valence-electron chi connectivity index (χ3n) is 1.78. The van der Waals surface area contributed by atoms with Crippen LogP contribution in [0.5, 0.6) is 0 Å². The van der Waals surface area contributed by atoms with Gasteiger partial charge in [-0.15, -0.1) is 0 Å². The Bertz CT molecular complexity index is 247. The largest absolute Gasteiger partial charge is 0.0623 e.